The van der Waals surface area contributed by atoms with E-state index in [9.17, 15) is 9.90 Å². The number of aryl methyl sites for hydroxylation is 1. The Morgan fingerprint density at radius 3 is 2.50 bits per heavy atom. The van der Waals surface area contributed by atoms with Crippen LogP contribution in [0.1, 0.15) is 29.8 Å². The van der Waals surface area contributed by atoms with E-state index in [2.05, 4.69) is 4.90 Å². The van der Waals surface area contributed by atoms with Gasteiger partial charge in [-0.2, -0.15) is 0 Å². The van der Waals surface area contributed by atoms with Crippen molar-refractivity contribution in [1.82, 2.24) is 0 Å². The minimum absolute atomic E-state index is 0.121. The van der Waals surface area contributed by atoms with Crippen molar-refractivity contribution in [2.45, 2.75) is 33.0 Å². The Labute approximate surface area is 107 Å². The van der Waals surface area contributed by atoms with Crippen molar-refractivity contribution in [2.75, 3.05) is 18.0 Å². The van der Waals surface area contributed by atoms with Gasteiger partial charge in [-0.25, -0.2) is 4.79 Å². The van der Waals surface area contributed by atoms with Crippen LogP contribution < -0.4 is 4.90 Å². The van der Waals surface area contributed by atoms with Crippen molar-refractivity contribution in [3.8, 4) is 0 Å². The summed E-state index contributed by atoms with van der Waals surface area (Å²) in [6.07, 6.45) is 0.242. The molecule has 1 heterocycles. The lowest BCUT2D eigenvalue weighted by atomic mass is 10.1. The fourth-order valence-electron chi connectivity index (χ4n) is 2.46. The first-order valence-electron chi connectivity index (χ1n) is 6.21. The highest BCUT2D eigenvalue weighted by molar-refractivity contribution is 5.94. The van der Waals surface area contributed by atoms with E-state index in [0.29, 0.717) is 5.56 Å². The molecule has 1 fully saturated rings. The fourth-order valence-corrected chi connectivity index (χ4v) is 2.46. The molecule has 0 aliphatic carbocycles. The lowest BCUT2D eigenvalue weighted by Gasteiger charge is -2.37. The van der Waals surface area contributed by atoms with Crippen LogP contribution in [-0.4, -0.2) is 36.4 Å². The van der Waals surface area contributed by atoms with Gasteiger partial charge in [-0.3, -0.25) is 0 Å². The zero-order valence-corrected chi connectivity index (χ0v) is 11.0. The molecule has 4 heteroatoms. The number of carboxylic acid groups (broad SMARTS) is 1. The average Bonchev–Trinajstić information content (AvgIpc) is 2.27. The van der Waals surface area contributed by atoms with Gasteiger partial charge in [-0.05, 0) is 38.5 Å². The lowest BCUT2D eigenvalue weighted by molar-refractivity contribution is -0.00532. The van der Waals surface area contributed by atoms with Gasteiger partial charge < -0.3 is 14.7 Å². The molecule has 18 heavy (non-hydrogen) atoms. The van der Waals surface area contributed by atoms with Gasteiger partial charge in [0.25, 0.3) is 0 Å². The standard InChI is InChI=1S/C14H19NO3/c1-9-4-5-12(14(16)17)13(6-9)15-7-10(2)18-11(3)8-15/h4-6,10-11H,7-8H2,1-3H3,(H,16,17)/t10-,11+. The maximum absolute atomic E-state index is 11.3. The van der Waals surface area contributed by atoms with Gasteiger partial charge in [0.15, 0.2) is 0 Å². The molecule has 0 aromatic heterocycles. The number of nitrogens with zero attached hydrogens (tertiary/aromatic N) is 1. The summed E-state index contributed by atoms with van der Waals surface area (Å²) in [7, 11) is 0. The molecule has 1 N–H and O–H groups in total. The Bertz CT molecular complexity index is 448. The third-order valence-corrected chi connectivity index (χ3v) is 3.14. The van der Waals surface area contributed by atoms with Crippen molar-refractivity contribution >= 4 is 11.7 Å². The number of rotatable bonds is 2. The van der Waals surface area contributed by atoms with Crippen LogP contribution in [-0.2, 0) is 4.74 Å². The predicted molar refractivity (Wildman–Crippen MR) is 70.4 cm³/mol. The SMILES string of the molecule is Cc1ccc(C(=O)O)c(N2C[C@@H](C)O[C@@H](C)C2)c1. The Morgan fingerprint density at radius 1 is 1.33 bits per heavy atom. The summed E-state index contributed by atoms with van der Waals surface area (Å²) in [6, 6.07) is 5.45. The third kappa shape index (κ3) is 2.64. The first kappa shape index (κ1) is 12.9. The van der Waals surface area contributed by atoms with E-state index in [0.717, 1.165) is 24.3 Å². The molecule has 2 rings (SSSR count). The molecule has 0 spiro atoms. The van der Waals surface area contributed by atoms with Gasteiger partial charge in [0, 0.05) is 13.1 Å². The molecule has 4 nitrogen and oxygen atoms in total. The number of hydrogen-bond acceptors (Lipinski definition) is 3. The molecule has 1 aromatic rings. The molecule has 1 saturated heterocycles. The molecule has 0 unspecified atom stereocenters. The fraction of sp³-hybridized carbons (Fsp3) is 0.500. The summed E-state index contributed by atoms with van der Waals surface area (Å²) < 4.78 is 5.68. The molecule has 98 valence electrons. The van der Waals surface area contributed by atoms with Crippen LogP contribution in [0.4, 0.5) is 5.69 Å². The molecular weight excluding hydrogens is 230 g/mol. The highest BCUT2D eigenvalue weighted by Crippen LogP contribution is 2.25. The second kappa shape index (κ2) is 4.98. The molecule has 0 saturated carbocycles. The molecular formula is C14H19NO3. The Balaban J connectivity index is 2.36. The molecule has 1 aliphatic rings. The Morgan fingerprint density at radius 2 is 1.94 bits per heavy atom. The quantitative estimate of drug-likeness (QED) is 0.873. The third-order valence-electron chi connectivity index (χ3n) is 3.14. The van der Waals surface area contributed by atoms with Crippen molar-refractivity contribution in [1.29, 1.82) is 0 Å². The van der Waals surface area contributed by atoms with Crippen LogP contribution >= 0.6 is 0 Å². The minimum atomic E-state index is -0.878. The maximum atomic E-state index is 11.3. The molecule has 1 aliphatic heterocycles. The van der Waals surface area contributed by atoms with E-state index >= 15 is 0 Å². The molecule has 2 atom stereocenters. The van der Waals surface area contributed by atoms with Gasteiger partial charge in [0.2, 0.25) is 0 Å². The van der Waals surface area contributed by atoms with Gasteiger partial charge in [0.05, 0.1) is 23.5 Å². The predicted octanol–water partition coefficient (Wildman–Crippen LogP) is 2.31. The van der Waals surface area contributed by atoms with Crippen LogP contribution in [0.15, 0.2) is 18.2 Å². The first-order valence-corrected chi connectivity index (χ1v) is 6.21. The Kier molecular flexibility index (Phi) is 3.57. The zero-order valence-electron chi connectivity index (χ0n) is 11.0. The number of ether oxygens (including phenoxy) is 1. The summed E-state index contributed by atoms with van der Waals surface area (Å²) in [5.74, 6) is -0.878. The number of aromatic carboxylic acids is 1. The van der Waals surface area contributed by atoms with Crippen LogP contribution in [0.3, 0.4) is 0 Å². The number of carboxylic acids is 1. The van der Waals surface area contributed by atoms with Crippen LogP contribution in [0.25, 0.3) is 0 Å². The summed E-state index contributed by atoms with van der Waals surface area (Å²) in [5, 5.41) is 9.26. The van der Waals surface area contributed by atoms with Crippen LogP contribution in [0, 0.1) is 6.92 Å². The van der Waals surface area contributed by atoms with E-state index in [4.69, 9.17) is 4.74 Å². The summed E-state index contributed by atoms with van der Waals surface area (Å²) in [5.41, 5.74) is 2.23. The van der Waals surface area contributed by atoms with Crippen molar-refractivity contribution in [3.05, 3.63) is 29.3 Å². The largest absolute Gasteiger partial charge is 0.478 e. The van der Waals surface area contributed by atoms with Crippen LogP contribution in [0.2, 0.25) is 0 Å². The number of morpholine rings is 1. The molecule has 1 aromatic carbocycles. The van der Waals surface area contributed by atoms with Gasteiger partial charge in [-0.1, -0.05) is 6.07 Å². The summed E-state index contributed by atoms with van der Waals surface area (Å²) in [6.45, 7) is 7.46. The Hall–Kier alpha value is -1.55. The monoisotopic (exact) mass is 249 g/mol. The van der Waals surface area contributed by atoms with E-state index in [1.54, 1.807) is 6.07 Å². The highest BCUT2D eigenvalue weighted by atomic mass is 16.5. The highest BCUT2D eigenvalue weighted by Gasteiger charge is 2.25. The van der Waals surface area contributed by atoms with E-state index in [1.807, 2.05) is 32.9 Å². The summed E-state index contributed by atoms with van der Waals surface area (Å²) in [4.78, 5) is 13.4. The average molecular weight is 249 g/mol. The second-order valence-electron chi connectivity index (χ2n) is 4.99. The van der Waals surface area contributed by atoms with Crippen LogP contribution in [0.5, 0.6) is 0 Å². The van der Waals surface area contributed by atoms with Crippen molar-refractivity contribution in [3.63, 3.8) is 0 Å². The van der Waals surface area contributed by atoms with Crippen molar-refractivity contribution < 1.29 is 14.6 Å². The first-order chi connectivity index (χ1) is 8.47. The molecule has 0 amide bonds. The normalized spacial score (nSPS) is 24.1. The number of carbonyl (C=O) groups is 1. The number of hydrogen-bond donors (Lipinski definition) is 1. The van der Waals surface area contributed by atoms with E-state index in [-0.39, 0.29) is 12.2 Å². The topological polar surface area (TPSA) is 49.8 Å². The number of benzene rings is 1. The number of anilines is 1. The van der Waals surface area contributed by atoms with Gasteiger partial charge in [-0.15, -0.1) is 0 Å². The zero-order chi connectivity index (χ0) is 13.3. The second-order valence-corrected chi connectivity index (χ2v) is 4.99. The molecule has 0 radical (unpaired) electrons. The summed E-state index contributed by atoms with van der Waals surface area (Å²) >= 11 is 0. The smallest absolute Gasteiger partial charge is 0.337 e. The maximum Gasteiger partial charge on any atom is 0.337 e. The van der Waals surface area contributed by atoms with E-state index < -0.39 is 5.97 Å². The lowest BCUT2D eigenvalue weighted by Crippen LogP contribution is -2.46. The van der Waals surface area contributed by atoms with Crippen molar-refractivity contribution in [2.24, 2.45) is 0 Å². The molecule has 0 bridgehead atoms. The van der Waals surface area contributed by atoms with Gasteiger partial charge in [0.1, 0.15) is 0 Å². The van der Waals surface area contributed by atoms with Gasteiger partial charge >= 0.3 is 5.97 Å². The minimum Gasteiger partial charge on any atom is -0.478 e. The van der Waals surface area contributed by atoms with E-state index in [1.165, 1.54) is 0 Å².